The van der Waals surface area contributed by atoms with E-state index in [4.69, 9.17) is 11.6 Å². The molecule has 0 bridgehead atoms. The van der Waals surface area contributed by atoms with E-state index in [9.17, 15) is 9.59 Å². The van der Waals surface area contributed by atoms with Gasteiger partial charge in [-0.05, 0) is 12.8 Å². The summed E-state index contributed by atoms with van der Waals surface area (Å²) in [5, 5.41) is 0.731. The van der Waals surface area contributed by atoms with Gasteiger partial charge in [0, 0.05) is 17.9 Å². The summed E-state index contributed by atoms with van der Waals surface area (Å²) in [5.74, 6) is -0.323. The number of imide groups is 1. The fourth-order valence-electron chi connectivity index (χ4n) is 3.51. The van der Waals surface area contributed by atoms with E-state index in [-0.39, 0.29) is 23.7 Å². The second kappa shape index (κ2) is 5.25. The van der Waals surface area contributed by atoms with Crippen LogP contribution in [0.2, 0.25) is 0 Å². The maximum atomic E-state index is 12.3. The second-order valence-corrected chi connectivity index (χ2v) is 6.32. The molecule has 4 nitrogen and oxygen atoms in total. The van der Waals surface area contributed by atoms with Gasteiger partial charge in [-0.1, -0.05) is 17.7 Å². The van der Waals surface area contributed by atoms with Crippen LogP contribution in [-0.2, 0) is 9.59 Å². The van der Waals surface area contributed by atoms with Crippen LogP contribution >= 0.6 is 11.6 Å². The van der Waals surface area contributed by atoms with Gasteiger partial charge in [-0.25, -0.2) is 0 Å². The molecule has 0 aromatic rings. The van der Waals surface area contributed by atoms with Crippen LogP contribution in [0.4, 0.5) is 0 Å². The highest BCUT2D eigenvalue weighted by molar-refractivity contribution is 6.30. The van der Waals surface area contributed by atoms with E-state index < -0.39 is 0 Å². The molecule has 1 N–H and O–H groups in total. The van der Waals surface area contributed by atoms with E-state index in [1.807, 2.05) is 6.08 Å². The minimum Gasteiger partial charge on any atom is -0.333 e. The lowest BCUT2D eigenvalue weighted by atomic mass is 9.85. The molecule has 0 saturated carbocycles. The van der Waals surface area contributed by atoms with Gasteiger partial charge in [-0.3, -0.25) is 14.5 Å². The highest BCUT2D eigenvalue weighted by Crippen LogP contribution is 2.38. The van der Waals surface area contributed by atoms with E-state index in [2.05, 4.69) is 0 Å². The van der Waals surface area contributed by atoms with Crippen molar-refractivity contribution in [3.05, 3.63) is 11.1 Å². The van der Waals surface area contributed by atoms with Crippen molar-refractivity contribution in [1.29, 1.82) is 0 Å². The third kappa shape index (κ3) is 2.43. The Morgan fingerprint density at radius 2 is 1.89 bits per heavy atom. The summed E-state index contributed by atoms with van der Waals surface area (Å²) in [7, 11) is 0. The zero-order valence-electron chi connectivity index (χ0n) is 11.0. The molecule has 2 aliphatic heterocycles. The first-order chi connectivity index (χ1) is 9.16. The summed E-state index contributed by atoms with van der Waals surface area (Å²) in [6, 6.07) is 0. The molecule has 0 unspecified atom stereocenters. The average Bonchev–Trinajstić information content (AvgIpc) is 2.98. The van der Waals surface area contributed by atoms with Crippen molar-refractivity contribution < 1.29 is 14.5 Å². The normalized spacial score (nSPS) is 31.8. The van der Waals surface area contributed by atoms with Gasteiger partial charge in [0.05, 0.1) is 38.0 Å². The Morgan fingerprint density at radius 3 is 2.63 bits per heavy atom. The maximum absolute atomic E-state index is 12.3. The summed E-state index contributed by atoms with van der Waals surface area (Å²) in [4.78, 5) is 27.6. The van der Waals surface area contributed by atoms with Crippen LogP contribution in [0.5, 0.6) is 0 Å². The Balaban J connectivity index is 1.63. The number of fused-ring (bicyclic) bond motifs is 1. The van der Waals surface area contributed by atoms with Crippen LogP contribution in [0, 0.1) is 11.8 Å². The summed E-state index contributed by atoms with van der Waals surface area (Å²) < 4.78 is 0. The standard InChI is InChI=1S/C14H19ClN2O2/c15-10-3-4-11-12(9-10)14(19)17(13(11)18)8-7-16-5-1-2-6-16/h3,11-12H,1-2,4-9H2/p+1/t11-,12+/m0/s1. The SMILES string of the molecule is O=C1[C@H]2CC=C(Cl)C[C@H]2C(=O)N1CC[NH+]1CCCC1. The van der Waals surface area contributed by atoms with Crippen LogP contribution in [0.15, 0.2) is 11.1 Å². The Morgan fingerprint density at radius 1 is 1.21 bits per heavy atom. The van der Waals surface area contributed by atoms with Crippen molar-refractivity contribution in [2.45, 2.75) is 25.7 Å². The lowest BCUT2D eigenvalue weighted by molar-refractivity contribution is -0.886. The Hall–Kier alpha value is -0.870. The predicted molar refractivity (Wildman–Crippen MR) is 71.7 cm³/mol. The predicted octanol–water partition coefficient (Wildman–Crippen LogP) is 0.183. The first-order valence-corrected chi connectivity index (χ1v) is 7.58. The smallest absolute Gasteiger partial charge is 0.233 e. The molecule has 5 heteroatoms. The van der Waals surface area contributed by atoms with Gasteiger partial charge in [0.15, 0.2) is 0 Å². The molecule has 0 spiro atoms. The van der Waals surface area contributed by atoms with E-state index in [0.717, 1.165) is 11.6 Å². The number of likely N-dealkylation sites (tertiary alicyclic amines) is 2. The lowest BCUT2D eigenvalue weighted by Gasteiger charge is -2.18. The summed E-state index contributed by atoms with van der Waals surface area (Å²) in [6.07, 6.45) is 5.60. The molecular weight excluding hydrogens is 264 g/mol. The van der Waals surface area contributed by atoms with E-state index >= 15 is 0 Å². The van der Waals surface area contributed by atoms with Crippen molar-refractivity contribution in [2.75, 3.05) is 26.2 Å². The third-order valence-electron chi connectivity index (χ3n) is 4.66. The highest BCUT2D eigenvalue weighted by Gasteiger charge is 2.48. The number of hydrogen-bond donors (Lipinski definition) is 1. The first kappa shape index (κ1) is 13.1. The van der Waals surface area contributed by atoms with Gasteiger partial charge in [-0.15, -0.1) is 0 Å². The van der Waals surface area contributed by atoms with Gasteiger partial charge in [-0.2, -0.15) is 0 Å². The fourth-order valence-corrected chi connectivity index (χ4v) is 3.77. The van der Waals surface area contributed by atoms with Crippen molar-refractivity contribution in [1.82, 2.24) is 4.90 Å². The number of halogens is 1. The molecule has 0 aromatic carbocycles. The molecule has 3 rings (SSSR count). The number of nitrogens with one attached hydrogen (secondary N) is 1. The summed E-state index contributed by atoms with van der Waals surface area (Å²) in [5.41, 5.74) is 0. The van der Waals surface area contributed by atoms with Gasteiger partial charge < -0.3 is 4.90 Å². The number of allylic oxidation sites excluding steroid dienone is 2. The zero-order valence-corrected chi connectivity index (χ0v) is 11.8. The maximum Gasteiger partial charge on any atom is 0.233 e. The van der Waals surface area contributed by atoms with Gasteiger partial charge in [0.25, 0.3) is 0 Å². The van der Waals surface area contributed by atoms with Crippen LogP contribution in [-0.4, -0.2) is 42.9 Å². The number of amides is 2. The number of nitrogens with zero attached hydrogens (tertiary/aromatic N) is 1. The topological polar surface area (TPSA) is 41.8 Å². The van der Waals surface area contributed by atoms with Crippen molar-refractivity contribution >= 4 is 23.4 Å². The van der Waals surface area contributed by atoms with Crippen molar-refractivity contribution in [3.63, 3.8) is 0 Å². The lowest BCUT2D eigenvalue weighted by Crippen LogP contribution is -3.10. The Labute approximate surface area is 118 Å². The molecule has 0 radical (unpaired) electrons. The number of carbonyl (C=O) groups excluding carboxylic acids is 2. The summed E-state index contributed by atoms with van der Waals surface area (Å²) in [6.45, 7) is 3.84. The molecule has 2 atom stereocenters. The van der Waals surface area contributed by atoms with Crippen molar-refractivity contribution in [2.24, 2.45) is 11.8 Å². The second-order valence-electron chi connectivity index (χ2n) is 5.84. The molecule has 0 aromatic heterocycles. The van der Waals surface area contributed by atoms with Crippen LogP contribution in [0.25, 0.3) is 0 Å². The minimum absolute atomic E-state index is 0.000142. The van der Waals surface area contributed by atoms with Gasteiger partial charge in [0.2, 0.25) is 11.8 Å². The molecular formula is C14H20ClN2O2+. The molecule has 2 fully saturated rings. The average molecular weight is 284 g/mol. The highest BCUT2D eigenvalue weighted by atomic mass is 35.5. The van der Waals surface area contributed by atoms with Crippen LogP contribution in [0.1, 0.15) is 25.7 Å². The molecule has 19 heavy (non-hydrogen) atoms. The van der Waals surface area contributed by atoms with Crippen molar-refractivity contribution in [3.8, 4) is 0 Å². The van der Waals surface area contributed by atoms with Gasteiger partial charge >= 0.3 is 0 Å². The molecule has 2 saturated heterocycles. The molecule has 2 heterocycles. The molecule has 104 valence electrons. The summed E-state index contributed by atoms with van der Waals surface area (Å²) >= 11 is 6.00. The third-order valence-corrected chi connectivity index (χ3v) is 4.97. The number of quaternary nitrogens is 1. The molecule has 1 aliphatic carbocycles. The minimum atomic E-state index is -0.196. The van der Waals surface area contributed by atoms with Crippen LogP contribution < -0.4 is 4.90 Å². The Kier molecular flexibility index (Phi) is 3.63. The number of carbonyl (C=O) groups is 2. The molecule has 3 aliphatic rings. The van der Waals surface area contributed by atoms with E-state index in [0.29, 0.717) is 19.4 Å². The van der Waals surface area contributed by atoms with Gasteiger partial charge in [0.1, 0.15) is 0 Å². The Bertz CT molecular complexity index is 429. The quantitative estimate of drug-likeness (QED) is 0.751. The van der Waals surface area contributed by atoms with E-state index in [1.165, 1.54) is 35.7 Å². The number of hydrogen-bond acceptors (Lipinski definition) is 2. The monoisotopic (exact) mass is 283 g/mol. The van der Waals surface area contributed by atoms with Crippen LogP contribution in [0.3, 0.4) is 0 Å². The van der Waals surface area contributed by atoms with E-state index in [1.54, 1.807) is 0 Å². The first-order valence-electron chi connectivity index (χ1n) is 7.20. The largest absolute Gasteiger partial charge is 0.333 e. The molecule has 2 amide bonds. The fraction of sp³-hybridized carbons (Fsp3) is 0.714. The zero-order chi connectivity index (χ0) is 13.4. The number of rotatable bonds is 3.